The summed E-state index contributed by atoms with van der Waals surface area (Å²) >= 11 is 0. The number of hydrogen-bond acceptors (Lipinski definition) is 2. The highest BCUT2D eigenvalue weighted by Crippen LogP contribution is 2.52. The van der Waals surface area contributed by atoms with Crippen LogP contribution in [0.15, 0.2) is 30.3 Å². The smallest absolute Gasteiger partial charge is 0.0507 e. The van der Waals surface area contributed by atoms with Gasteiger partial charge >= 0.3 is 0 Å². The molecule has 22 heavy (non-hydrogen) atoms. The average Bonchev–Trinajstić information content (AvgIpc) is 3.18. The van der Waals surface area contributed by atoms with E-state index in [1.54, 1.807) is 5.56 Å². The molecule has 2 heterocycles. The molecule has 1 aromatic rings. The van der Waals surface area contributed by atoms with E-state index in [1.807, 2.05) is 0 Å². The maximum Gasteiger partial charge on any atom is 0.0507 e. The molecule has 2 aliphatic heterocycles. The number of likely N-dealkylation sites (tertiary alicyclic amines) is 1. The zero-order valence-electron chi connectivity index (χ0n) is 13.7. The third-order valence-electron chi connectivity index (χ3n) is 6.31. The summed E-state index contributed by atoms with van der Waals surface area (Å²) in [6.07, 6.45) is 8.45. The summed E-state index contributed by atoms with van der Waals surface area (Å²) < 4.78 is 5.59. The Labute approximate surface area is 134 Å². The maximum absolute atomic E-state index is 5.59. The van der Waals surface area contributed by atoms with Crippen molar-refractivity contribution in [3.63, 3.8) is 0 Å². The van der Waals surface area contributed by atoms with Crippen molar-refractivity contribution in [1.29, 1.82) is 0 Å². The molecule has 1 aromatic carbocycles. The van der Waals surface area contributed by atoms with E-state index in [4.69, 9.17) is 4.74 Å². The van der Waals surface area contributed by atoms with Crippen LogP contribution in [-0.2, 0) is 4.74 Å². The molecule has 0 radical (unpaired) electrons. The van der Waals surface area contributed by atoms with E-state index in [-0.39, 0.29) is 0 Å². The molecule has 0 bridgehead atoms. The third kappa shape index (κ3) is 2.83. The first-order chi connectivity index (χ1) is 10.9. The van der Waals surface area contributed by atoms with Crippen molar-refractivity contribution in [2.24, 2.45) is 11.3 Å². The number of hydrogen-bond donors (Lipinski definition) is 0. The predicted molar refractivity (Wildman–Crippen MR) is 90.1 cm³/mol. The van der Waals surface area contributed by atoms with Crippen LogP contribution >= 0.6 is 0 Å². The van der Waals surface area contributed by atoms with Crippen molar-refractivity contribution < 1.29 is 4.74 Å². The Morgan fingerprint density at radius 2 is 1.91 bits per heavy atom. The summed E-state index contributed by atoms with van der Waals surface area (Å²) in [5.41, 5.74) is 2.13. The lowest BCUT2D eigenvalue weighted by Gasteiger charge is -2.38. The van der Waals surface area contributed by atoms with E-state index in [0.29, 0.717) is 5.41 Å². The fourth-order valence-corrected chi connectivity index (χ4v) is 5.21. The van der Waals surface area contributed by atoms with Crippen LogP contribution < -0.4 is 0 Å². The van der Waals surface area contributed by atoms with Gasteiger partial charge in [-0.15, -0.1) is 0 Å². The lowest BCUT2D eigenvalue weighted by molar-refractivity contribution is 0.152. The van der Waals surface area contributed by atoms with Crippen molar-refractivity contribution in [3.8, 4) is 0 Å². The van der Waals surface area contributed by atoms with Gasteiger partial charge < -0.3 is 9.64 Å². The molecule has 1 aliphatic carbocycles. The van der Waals surface area contributed by atoms with E-state index in [2.05, 4.69) is 35.2 Å². The first kappa shape index (κ1) is 14.7. The minimum Gasteiger partial charge on any atom is -0.381 e. The molecule has 0 N–H and O–H groups in total. The van der Waals surface area contributed by atoms with Gasteiger partial charge in [-0.05, 0) is 36.2 Å². The van der Waals surface area contributed by atoms with Gasteiger partial charge in [-0.1, -0.05) is 49.6 Å². The van der Waals surface area contributed by atoms with E-state index < -0.39 is 0 Å². The monoisotopic (exact) mass is 299 g/mol. The number of benzene rings is 1. The maximum atomic E-state index is 5.59. The van der Waals surface area contributed by atoms with Gasteiger partial charge in [0.2, 0.25) is 0 Å². The Hall–Kier alpha value is -0.860. The summed E-state index contributed by atoms with van der Waals surface area (Å²) in [6.45, 7) is 5.81. The van der Waals surface area contributed by atoms with Crippen molar-refractivity contribution in [3.05, 3.63) is 35.9 Å². The molecule has 4 rings (SSSR count). The zero-order valence-corrected chi connectivity index (χ0v) is 13.7. The molecule has 0 aromatic heterocycles. The predicted octanol–water partition coefficient (Wildman–Crippen LogP) is 4.07. The first-order valence-electron chi connectivity index (χ1n) is 9.21. The first-order valence-corrected chi connectivity index (χ1v) is 9.21. The van der Waals surface area contributed by atoms with Crippen LogP contribution in [0.2, 0.25) is 0 Å². The molecule has 120 valence electrons. The van der Waals surface area contributed by atoms with Gasteiger partial charge in [0.05, 0.1) is 6.61 Å². The van der Waals surface area contributed by atoms with Crippen LogP contribution in [0.1, 0.15) is 50.0 Å². The molecule has 2 atom stereocenters. The third-order valence-corrected chi connectivity index (χ3v) is 6.31. The average molecular weight is 299 g/mol. The number of nitrogens with zero attached hydrogens (tertiary/aromatic N) is 1. The molecule has 0 amide bonds. The Kier molecular flexibility index (Phi) is 4.23. The van der Waals surface area contributed by atoms with Gasteiger partial charge in [0.25, 0.3) is 0 Å². The highest BCUT2D eigenvalue weighted by atomic mass is 16.5. The van der Waals surface area contributed by atoms with Crippen molar-refractivity contribution in [2.75, 3.05) is 32.8 Å². The lowest BCUT2D eigenvalue weighted by Crippen LogP contribution is -2.33. The van der Waals surface area contributed by atoms with E-state index in [0.717, 1.165) is 25.0 Å². The van der Waals surface area contributed by atoms with Crippen LogP contribution in [0.25, 0.3) is 0 Å². The normalized spacial score (nSPS) is 31.8. The molecule has 2 nitrogen and oxygen atoms in total. The zero-order chi connectivity index (χ0) is 14.8. The Morgan fingerprint density at radius 1 is 1.09 bits per heavy atom. The van der Waals surface area contributed by atoms with Crippen LogP contribution in [0.3, 0.4) is 0 Å². The summed E-state index contributed by atoms with van der Waals surface area (Å²) in [4.78, 5) is 2.77. The second-order valence-electron chi connectivity index (χ2n) is 7.81. The number of rotatable bonds is 3. The van der Waals surface area contributed by atoms with Gasteiger partial charge in [-0.3, -0.25) is 0 Å². The Balaban J connectivity index is 1.54. The molecule has 1 saturated carbocycles. The van der Waals surface area contributed by atoms with Crippen molar-refractivity contribution >= 4 is 0 Å². The van der Waals surface area contributed by atoms with Crippen molar-refractivity contribution in [1.82, 2.24) is 4.90 Å². The number of ether oxygens (including phenoxy) is 1. The molecule has 2 heteroatoms. The van der Waals surface area contributed by atoms with E-state index in [1.165, 1.54) is 58.2 Å². The van der Waals surface area contributed by atoms with Gasteiger partial charge in [0.1, 0.15) is 0 Å². The Morgan fingerprint density at radius 3 is 2.64 bits per heavy atom. The Bertz CT molecular complexity index is 474. The summed E-state index contributed by atoms with van der Waals surface area (Å²) in [5, 5.41) is 0. The molecule has 3 fully saturated rings. The van der Waals surface area contributed by atoms with Crippen LogP contribution in [0.4, 0.5) is 0 Å². The van der Waals surface area contributed by atoms with Gasteiger partial charge in [-0.25, -0.2) is 0 Å². The summed E-state index contributed by atoms with van der Waals surface area (Å²) in [6, 6.07) is 11.3. The fraction of sp³-hybridized carbons (Fsp3) is 0.700. The SMILES string of the molecule is c1ccc([C@@H]2CN(C[C@@H]3CCOC3)CC23CCCCC3)cc1. The highest BCUT2D eigenvalue weighted by Gasteiger charge is 2.47. The fourth-order valence-electron chi connectivity index (χ4n) is 5.21. The van der Waals surface area contributed by atoms with Gasteiger partial charge in [-0.2, -0.15) is 0 Å². The topological polar surface area (TPSA) is 12.5 Å². The second-order valence-corrected chi connectivity index (χ2v) is 7.81. The molecule has 2 saturated heterocycles. The molecule has 3 aliphatic rings. The molecule has 0 unspecified atom stereocenters. The summed E-state index contributed by atoms with van der Waals surface area (Å²) in [5.74, 6) is 1.52. The van der Waals surface area contributed by atoms with Crippen LogP contribution in [-0.4, -0.2) is 37.7 Å². The minimum atomic E-state index is 0.555. The quantitative estimate of drug-likeness (QED) is 0.834. The van der Waals surface area contributed by atoms with Gasteiger partial charge in [0.15, 0.2) is 0 Å². The van der Waals surface area contributed by atoms with E-state index >= 15 is 0 Å². The standard InChI is InChI=1S/C20H29NO/c1-3-7-18(8-4-1)19-14-21(13-17-9-12-22-15-17)16-20(19)10-5-2-6-11-20/h1,3-4,7-8,17,19H,2,5-6,9-16H2/t17-,19-/m0/s1. The minimum absolute atomic E-state index is 0.555. The lowest BCUT2D eigenvalue weighted by atomic mass is 9.66. The molecule has 1 spiro atoms. The largest absolute Gasteiger partial charge is 0.381 e. The highest BCUT2D eigenvalue weighted by molar-refractivity contribution is 5.25. The second kappa shape index (κ2) is 6.33. The molecular weight excluding hydrogens is 270 g/mol. The van der Waals surface area contributed by atoms with Crippen molar-refractivity contribution in [2.45, 2.75) is 44.4 Å². The van der Waals surface area contributed by atoms with E-state index in [9.17, 15) is 0 Å². The van der Waals surface area contributed by atoms with Crippen LogP contribution in [0.5, 0.6) is 0 Å². The molecular formula is C20H29NO. The van der Waals surface area contributed by atoms with Gasteiger partial charge in [0, 0.05) is 32.2 Å². The van der Waals surface area contributed by atoms with Crippen LogP contribution in [0, 0.1) is 11.3 Å². The summed E-state index contributed by atoms with van der Waals surface area (Å²) in [7, 11) is 0.